The number of amides is 2. The van der Waals surface area contributed by atoms with E-state index in [-0.39, 0.29) is 50.2 Å². The second kappa shape index (κ2) is 15.3. The number of carbonyl (C=O) groups is 2. The fourth-order valence-corrected chi connectivity index (χ4v) is 6.96. The molecule has 0 heterocycles. The molecule has 3 aromatic carbocycles. The van der Waals surface area contributed by atoms with E-state index < -0.39 is 21.9 Å². The third-order valence-electron chi connectivity index (χ3n) is 8.17. The zero-order chi connectivity index (χ0) is 31.7. The van der Waals surface area contributed by atoms with E-state index in [1.54, 1.807) is 18.2 Å². The van der Waals surface area contributed by atoms with Gasteiger partial charge < -0.3 is 10.2 Å². The lowest BCUT2D eigenvalue weighted by molar-refractivity contribution is -0.141. The molecule has 236 valence electrons. The number of carbonyl (C=O) groups excluding carboxylic acids is 2. The number of halogens is 1. The first-order chi connectivity index (χ1) is 21.0. The largest absolute Gasteiger partial charge is 0.352 e. The topological polar surface area (TPSA) is 86.8 Å². The number of nitrogens with zero attached hydrogens (tertiary/aromatic N) is 2. The Morgan fingerprint density at radius 3 is 2.20 bits per heavy atom. The van der Waals surface area contributed by atoms with Gasteiger partial charge in [0.25, 0.3) is 0 Å². The maximum atomic E-state index is 14.9. The van der Waals surface area contributed by atoms with Crippen molar-refractivity contribution < 1.29 is 22.4 Å². The van der Waals surface area contributed by atoms with Crippen LogP contribution in [0.1, 0.15) is 67.2 Å². The van der Waals surface area contributed by atoms with Crippen molar-refractivity contribution >= 4 is 27.5 Å². The lowest BCUT2D eigenvalue weighted by Gasteiger charge is -2.34. The van der Waals surface area contributed by atoms with E-state index in [0.29, 0.717) is 11.3 Å². The summed E-state index contributed by atoms with van der Waals surface area (Å²) in [6.45, 7) is 3.84. The summed E-state index contributed by atoms with van der Waals surface area (Å²) in [5.41, 5.74) is 3.63. The molecular weight excluding hydrogens is 577 g/mol. The summed E-state index contributed by atoms with van der Waals surface area (Å²) in [5, 5.41) is 3.19. The molecule has 0 unspecified atom stereocenters. The molecule has 9 heteroatoms. The Kier molecular flexibility index (Phi) is 11.6. The summed E-state index contributed by atoms with van der Waals surface area (Å²) in [6, 6.07) is 20.6. The van der Waals surface area contributed by atoms with Crippen molar-refractivity contribution in [1.82, 2.24) is 10.2 Å². The van der Waals surface area contributed by atoms with Crippen LogP contribution in [0.5, 0.6) is 0 Å². The number of anilines is 1. The zero-order valence-electron chi connectivity index (χ0n) is 26.0. The van der Waals surface area contributed by atoms with Crippen LogP contribution >= 0.6 is 0 Å². The van der Waals surface area contributed by atoms with Gasteiger partial charge in [0, 0.05) is 37.5 Å². The minimum Gasteiger partial charge on any atom is -0.352 e. The Hall–Kier alpha value is -3.72. The van der Waals surface area contributed by atoms with Crippen LogP contribution in [-0.2, 0) is 32.6 Å². The first-order valence-corrected chi connectivity index (χ1v) is 17.3. The molecule has 0 aliphatic heterocycles. The van der Waals surface area contributed by atoms with Gasteiger partial charge in [-0.05, 0) is 68.0 Å². The SMILES string of the molecule is Cc1cc(C)cc(N(CCCC(=O)N(Cc2ccccc2F)[C@@H](Cc2ccccc2)C(=O)NC2CCCCC2)S(C)(=O)=O)c1. The summed E-state index contributed by atoms with van der Waals surface area (Å²) >= 11 is 0. The molecule has 0 aromatic heterocycles. The third-order valence-corrected chi connectivity index (χ3v) is 9.36. The fourth-order valence-electron chi connectivity index (χ4n) is 6.01. The molecule has 7 nitrogen and oxygen atoms in total. The van der Waals surface area contributed by atoms with E-state index in [2.05, 4.69) is 5.32 Å². The lowest BCUT2D eigenvalue weighted by Crippen LogP contribution is -2.53. The average molecular weight is 622 g/mol. The molecule has 1 aliphatic carbocycles. The fraction of sp³-hybridized carbons (Fsp3) is 0.429. The summed E-state index contributed by atoms with van der Waals surface area (Å²) in [4.78, 5) is 29.4. The van der Waals surface area contributed by atoms with Crippen molar-refractivity contribution in [2.24, 2.45) is 0 Å². The highest BCUT2D eigenvalue weighted by molar-refractivity contribution is 7.92. The first kappa shape index (κ1) is 33.2. The summed E-state index contributed by atoms with van der Waals surface area (Å²) < 4.78 is 41.8. The van der Waals surface area contributed by atoms with Crippen molar-refractivity contribution in [3.8, 4) is 0 Å². The van der Waals surface area contributed by atoms with Crippen LogP contribution in [0.3, 0.4) is 0 Å². The van der Waals surface area contributed by atoms with E-state index in [4.69, 9.17) is 0 Å². The number of nitrogens with one attached hydrogen (secondary N) is 1. The molecule has 1 N–H and O–H groups in total. The standard InChI is InChI=1S/C35H44FN3O4S/c1-26-21-27(2)23-31(22-26)39(44(3,42)43)20-12-19-34(40)38(25-29-15-10-11-18-32(29)36)33(24-28-13-6-4-7-14-28)35(41)37-30-16-8-5-9-17-30/h4,6-7,10-11,13-15,18,21-23,30,33H,5,8-9,12,16-17,19-20,24-25H2,1-3H3,(H,37,41)/t33-/m0/s1. The van der Waals surface area contributed by atoms with Crippen LogP contribution in [-0.4, -0.2) is 50.0 Å². The molecule has 4 rings (SSSR count). The Balaban J connectivity index is 1.60. The number of aryl methyl sites for hydroxylation is 2. The Morgan fingerprint density at radius 2 is 1.57 bits per heavy atom. The van der Waals surface area contributed by atoms with Crippen molar-refractivity contribution in [2.75, 3.05) is 17.1 Å². The molecule has 2 amide bonds. The van der Waals surface area contributed by atoms with Crippen molar-refractivity contribution in [3.05, 3.63) is 101 Å². The van der Waals surface area contributed by atoms with Gasteiger partial charge in [0.15, 0.2) is 0 Å². The van der Waals surface area contributed by atoms with Gasteiger partial charge in [0.1, 0.15) is 11.9 Å². The van der Waals surface area contributed by atoms with E-state index in [1.807, 2.05) is 62.4 Å². The molecule has 0 spiro atoms. The average Bonchev–Trinajstić information content (AvgIpc) is 2.97. The van der Waals surface area contributed by atoms with E-state index in [1.165, 1.54) is 15.3 Å². The van der Waals surface area contributed by atoms with Gasteiger partial charge in [-0.15, -0.1) is 0 Å². The molecule has 1 atom stereocenters. The highest BCUT2D eigenvalue weighted by Gasteiger charge is 2.32. The molecule has 3 aromatic rings. The Labute approximate surface area is 261 Å². The van der Waals surface area contributed by atoms with Crippen LogP contribution in [0.4, 0.5) is 10.1 Å². The third kappa shape index (κ3) is 9.39. The monoisotopic (exact) mass is 621 g/mol. The van der Waals surface area contributed by atoms with E-state index in [9.17, 15) is 22.4 Å². The molecule has 0 radical (unpaired) electrons. The highest BCUT2D eigenvalue weighted by Crippen LogP contribution is 2.24. The van der Waals surface area contributed by atoms with Crippen LogP contribution in [0.15, 0.2) is 72.8 Å². The number of hydrogen-bond acceptors (Lipinski definition) is 4. The molecule has 44 heavy (non-hydrogen) atoms. The predicted octanol–water partition coefficient (Wildman–Crippen LogP) is 6.08. The van der Waals surface area contributed by atoms with Crippen molar-refractivity contribution in [3.63, 3.8) is 0 Å². The molecular formula is C35H44FN3O4S. The summed E-state index contributed by atoms with van der Waals surface area (Å²) in [6.07, 6.45) is 6.68. The minimum atomic E-state index is -3.62. The van der Waals surface area contributed by atoms with Gasteiger partial charge in [-0.1, -0.05) is 73.9 Å². The smallest absolute Gasteiger partial charge is 0.243 e. The Morgan fingerprint density at radius 1 is 0.932 bits per heavy atom. The molecule has 1 saturated carbocycles. The van der Waals surface area contributed by atoms with Crippen molar-refractivity contribution in [1.29, 1.82) is 0 Å². The molecule has 0 bridgehead atoms. The molecule has 0 saturated heterocycles. The number of rotatable bonds is 13. The van der Waals surface area contributed by atoms with Gasteiger partial charge in [0.2, 0.25) is 21.8 Å². The van der Waals surface area contributed by atoms with Gasteiger partial charge in [0.05, 0.1) is 11.9 Å². The van der Waals surface area contributed by atoms with Crippen LogP contribution in [0.2, 0.25) is 0 Å². The zero-order valence-corrected chi connectivity index (χ0v) is 26.8. The number of sulfonamides is 1. The van der Waals surface area contributed by atoms with Crippen molar-refractivity contribution in [2.45, 2.75) is 83.8 Å². The first-order valence-electron chi connectivity index (χ1n) is 15.4. The maximum absolute atomic E-state index is 14.9. The predicted molar refractivity (Wildman–Crippen MR) is 173 cm³/mol. The lowest BCUT2D eigenvalue weighted by atomic mass is 9.94. The van der Waals surface area contributed by atoms with E-state index in [0.717, 1.165) is 55.1 Å². The van der Waals surface area contributed by atoms with Gasteiger partial charge in [-0.3, -0.25) is 13.9 Å². The number of benzene rings is 3. The maximum Gasteiger partial charge on any atom is 0.243 e. The molecule has 1 fully saturated rings. The second-order valence-electron chi connectivity index (χ2n) is 11.9. The van der Waals surface area contributed by atoms with Gasteiger partial charge in [-0.25, -0.2) is 12.8 Å². The highest BCUT2D eigenvalue weighted by atomic mass is 32.2. The van der Waals surface area contributed by atoms with Crippen LogP contribution < -0.4 is 9.62 Å². The number of hydrogen-bond donors (Lipinski definition) is 1. The summed E-state index contributed by atoms with van der Waals surface area (Å²) in [7, 11) is -3.62. The van der Waals surface area contributed by atoms with Gasteiger partial charge >= 0.3 is 0 Å². The second-order valence-corrected chi connectivity index (χ2v) is 13.9. The van der Waals surface area contributed by atoms with E-state index >= 15 is 0 Å². The Bertz CT molecular complexity index is 1500. The normalized spacial score (nSPS) is 14.5. The van der Waals surface area contributed by atoms with Gasteiger partial charge in [-0.2, -0.15) is 0 Å². The minimum absolute atomic E-state index is 0.00668. The quantitative estimate of drug-likeness (QED) is 0.251. The molecule has 1 aliphatic rings. The summed E-state index contributed by atoms with van der Waals surface area (Å²) in [5.74, 6) is -1.03. The van der Waals surface area contributed by atoms with Crippen LogP contribution in [0.25, 0.3) is 0 Å². The van der Waals surface area contributed by atoms with Crippen LogP contribution in [0, 0.1) is 19.7 Å².